The van der Waals surface area contributed by atoms with Crippen LogP contribution >= 0.6 is 0 Å². The van der Waals surface area contributed by atoms with Crippen molar-refractivity contribution in [3.63, 3.8) is 0 Å². The number of carbonyl (C=O) groups excluding carboxylic acids is 2. The summed E-state index contributed by atoms with van der Waals surface area (Å²) >= 11 is 0. The predicted octanol–water partition coefficient (Wildman–Crippen LogP) is 2.56. The lowest BCUT2D eigenvalue weighted by Crippen LogP contribution is -2.49. The zero-order valence-corrected chi connectivity index (χ0v) is 12.7. The number of rotatable bonds is 4. The van der Waals surface area contributed by atoms with Crippen molar-refractivity contribution in [2.75, 3.05) is 6.61 Å². The molecule has 1 aromatic rings. The second kappa shape index (κ2) is 7.25. The molecule has 114 valence electrons. The van der Waals surface area contributed by atoms with E-state index in [-0.39, 0.29) is 37.0 Å². The summed E-state index contributed by atoms with van der Waals surface area (Å²) in [6.45, 7) is 3.96. The van der Waals surface area contributed by atoms with E-state index in [1.54, 1.807) is 0 Å². The molecule has 4 heteroatoms. The van der Waals surface area contributed by atoms with Crippen molar-refractivity contribution < 1.29 is 14.3 Å². The first kappa shape index (κ1) is 15.5. The Kier molecular flexibility index (Phi) is 5.37. The molecule has 1 aromatic carbocycles. The fourth-order valence-electron chi connectivity index (χ4n) is 2.94. The minimum absolute atomic E-state index is 0.0869. The Morgan fingerprint density at radius 3 is 2.38 bits per heavy atom. The van der Waals surface area contributed by atoms with Crippen molar-refractivity contribution in [3.8, 4) is 0 Å². The smallest absolute Gasteiger partial charge is 0.310 e. The van der Waals surface area contributed by atoms with Crippen molar-refractivity contribution in [3.05, 3.63) is 35.9 Å². The summed E-state index contributed by atoms with van der Waals surface area (Å²) in [6, 6.07) is 9.87. The first-order valence-corrected chi connectivity index (χ1v) is 7.58. The van der Waals surface area contributed by atoms with Crippen molar-refractivity contribution in [1.29, 1.82) is 0 Å². The van der Waals surface area contributed by atoms with Gasteiger partial charge >= 0.3 is 5.97 Å². The summed E-state index contributed by atoms with van der Waals surface area (Å²) in [7, 11) is 0. The average molecular weight is 289 g/mol. The summed E-state index contributed by atoms with van der Waals surface area (Å²) in [5.74, 6) is -0.442. The van der Waals surface area contributed by atoms with Gasteiger partial charge in [0.2, 0.25) is 0 Å². The standard InChI is InChI=1S/C17H23NO3/c1-13-7-6-8-14(2)18(13)16(19)12-21-17(20)11-15-9-4-3-5-10-15/h3-5,9-10,13-14H,6-8,11-12H2,1-2H3/t13-,14-/m0/s1. The Labute approximate surface area is 126 Å². The lowest BCUT2D eigenvalue weighted by Gasteiger charge is -2.38. The number of hydrogen-bond acceptors (Lipinski definition) is 3. The van der Waals surface area contributed by atoms with Gasteiger partial charge in [-0.1, -0.05) is 30.3 Å². The monoisotopic (exact) mass is 289 g/mol. The van der Waals surface area contributed by atoms with Gasteiger partial charge in [0.05, 0.1) is 6.42 Å². The minimum Gasteiger partial charge on any atom is -0.455 e. The molecule has 4 nitrogen and oxygen atoms in total. The molecule has 0 spiro atoms. The molecule has 0 N–H and O–H groups in total. The molecule has 1 fully saturated rings. The van der Waals surface area contributed by atoms with Gasteiger partial charge in [-0.2, -0.15) is 0 Å². The Balaban J connectivity index is 1.82. The normalized spacial score (nSPS) is 21.9. The fraction of sp³-hybridized carbons (Fsp3) is 0.529. The molecule has 21 heavy (non-hydrogen) atoms. The number of piperidine rings is 1. The number of nitrogens with zero attached hydrogens (tertiary/aromatic N) is 1. The van der Waals surface area contributed by atoms with E-state index in [9.17, 15) is 9.59 Å². The van der Waals surface area contributed by atoms with Gasteiger partial charge in [-0.15, -0.1) is 0 Å². The van der Waals surface area contributed by atoms with E-state index in [1.807, 2.05) is 35.2 Å². The molecule has 1 heterocycles. The molecule has 0 unspecified atom stereocenters. The van der Waals surface area contributed by atoms with Crippen molar-refractivity contribution in [1.82, 2.24) is 4.90 Å². The summed E-state index contributed by atoms with van der Waals surface area (Å²) in [5, 5.41) is 0. The van der Waals surface area contributed by atoms with Crippen LogP contribution in [0.25, 0.3) is 0 Å². The summed E-state index contributed by atoms with van der Waals surface area (Å²) in [4.78, 5) is 25.9. The molecule has 1 amide bonds. The highest BCUT2D eigenvalue weighted by Gasteiger charge is 2.29. The van der Waals surface area contributed by atoms with Gasteiger partial charge in [-0.3, -0.25) is 9.59 Å². The molecule has 2 atom stereocenters. The third-order valence-electron chi connectivity index (χ3n) is 4.03. The highest BCUT2D eigenvalue weighted by atomic mass is 16.5. The number of hydrogen-bond donors (Lipinski definition) is 0. The zero-order chi connectivity index (χ0) is 15.2. The van der Waals surface area contributed by atoms with E-state index in [0.29, 0.717) is 0 Å². The Morgan fingerprint density at radius 1 is 1.14 bits per heavy atom. The van der Waals surface area contributed by atoms with E-state index in [0.717, 1.165) is 24.8 Å². The summed E-state index contributed by atoms with van der Waals surface area (Å²) in [6.07, 6.45) is 3.40. The first-order valence-electron chi connectivity index (χ1n) is 7.58. The number of amides is 1. The highest BCUT2D eigenvalue weighted by molar-refractivity contribution is 5.81. The number of carbonyl (C=O) groups is 2. The number of likely N-dealkylation sites (tertiary alicyclic amines) is 1. The predicted molar refractivity (Wildman–Crippen MR) is 80.7 cm³/mol. The second-order valence-corrected chi connectivity index (χ2v) is 5.75. The van der Waals surface area contributed by atoms with Gasteiger partial charge in [0.25, 0.3) is 5.91 Å². The average Bonchev–Trinajstić information content (AvgIpc) is 2.46. The Morgan fingerprint density at radius 2 is 1.76 bits per heavy atom. The van der Waals surface area contributed by atoms with Crippen LogP contribution in [0.1, 0.15) is 38.7 Å². The maximum atomic E-state index is 12.2. The van der Waals surface area contributed by atoms with Gasteiger partial charge in [-0.05, 0) is 38.7 Å². The van der Waals surface area contributed by atoms with E-state index < -0.39 is 0 Å². The van der Waals surface area contributed by atoms with E-state index in [4.69, 9.17) is 4.74 Å². The van der Waals surface area contributed by atoms with Crippen LogP contribution in [0.4, 0.5) is 0 Å². The topological polar surface area (TPSA) is 46.6 Å². The molecule has 2 rings (SSSR count). The van der Waals surface area contributed by atoms with Crippen LogP contribution in [0.3, 0.4) is 0 Å². The zero-order valence-electron chi connectivity index (χ0n) is 12.7. The first-order chi connectivity index (χ1) is 10.1. The van der Waals surface area contributed by atoms with Gasteiger partial charge in [0, 0.05) is 12.1 Å². The van der Waals surface area contributed by atoms with Crippen LogP contribution in [0, 0.1) is 0 Å². The molecule has 1 aliphatic rings. The molecule has 1 saturated heterocycles. The van der Waals surface area contributed by atoms with Crippen molar-refractivity contribution >= 4 is 11.9 Å². The molecular formula is C17H23NO3. The van der Waals surface area contributed by atoms with Crippen molar-refractivity contribution in [2.24, 2.45) is 0 Å². The van der Waals surface area contributed by atoms with Gasteiger partial charge in [0.1, 0.15) is 0 Å². The highest BCUT2D eigenvalue weighted by Crippen LogP contribution is 2.22. The lowest BCUT2D eigenvalue weighted by atomic mass is 9.97. The maximum absolute atomic E-state index is 12.2. The summed E-state index contributed by atoms with van der Waals surface area (Å²) < 4.78 is 5.13. The number of ether oxygens (including phenoxy) is 1. The SMILES string of the molecule is C[C@H]1CCC[C@H](C)N1C(=O)COC(=O)Cc1ccccc1. The molecular weight excluding hydrogens is 266 g/mol. The maximum Gasteiger partial charge on any atom is 0.310 e. The number of esters is 1. The second-order valence-electron chi connectivity index (χ2n) is 5.75. The van der Waals surface area contributed by atoms with Crippen LogP contribution in [0.15, 0.2) is 30.3 Å². The molecule has 1 aliphatic heterocycles. The van der Waals surface area contributed by atoms with Gasteiger partial charge in [-0.25, -0.2) is 0 Å². The molecule has 0 radical (unpaired) electrons. The van der Waals surface area contributed by atoms with E-state index in [2.05, 4.69) is 13.8 Å². The Hall–Kier alpha value is -1.84. The van der Waals surface area contributed by atoms with Crippen LogP contribution < -0.4 is 0 Å². The third-order valence-corrected chi connectivity index (χ3v) is 4.03. The van der Waals surface area contributed by atoms with Crippen LogP contribution in [0.5, 0.6) is 0 Å². The Bertz CT molecular complexity index is 476. The quantitative estimate of drug-likeness (QED) is 0.800. The third kappa shape index (κ3) is 4.31. The van der Waals surface area contributed by atoms with Crippen LogP contribution in [-0.4, -0.2) is 35.5 Å². The lowest BCUT2D eigenvalue weighted by molar-refractivity contribution is -0.154. The van der Waals surface area contributed by atoms with Gasteiger partial charge < -0.3 is 9.64 Å². The molecule has 0 saturated carbocycles. The molecule has 0 aliphatic carbocycles. The molecule has 0 bridgehead atoms. The summed E-state index contributed by atoms with van der Waals surface area (Å²) in [5.41, 5.74) is 0.898. The fourth-order valence-corrected chi connectivity index (χ4v) is 2.94. The minimum atomic E-state index is -0.355. The van der Waals surface area contributed by atoms with E-state index in [1.165, 1.54) is 0 Å². The van der Waals surface area contributed by atoms with E-state index >= 15 is 0 Å². The van der Waals surface area contributed by atoms with Gasteiger partial charge in [0.15, 0.2) is 6.61 Å². The largest absolute Gasteiger partial charge is 0.455 e. The van der Waals surface area contributed by atoms with Crippen LogP contribution in [0.2, 0.25) is 0 Å². The molecule has 0 aromatic heterocycles. The van der Waals surface area contributed by atoms with Crippen LogP contribution in [-0.2, 0) is 20.7 Å². The van der Waals surface area contributed by atoms with Crippen molar-refractivity contribution in [2.45, 2.75) is 51.6 Å². The number of benzene rings is 1.